The SMILES string of the molecule is CN1c2ccccc2N(c2ccc3c(-c4ccccc4-c4ccccc4)c4cc(N5c6ccccc6N(C)c6ccccc65)ccc4c(-c4cccc(-c5ccccc5)c4)c3c2)c2ccccc21. The van der Waals surface area contributed by atoms with Crippen LogP contribution in [0.15, 0.2) is 243 Å². The molecule has 0 spiro atoms. The van der Waals surface area contributed by atoms with Crippen LogP contribution in [0.2, 0.25) is 0 Å². The summed E-state index contributed by atoms with van der Waals surface area (Å²) < 4.78 is 0. The third-order valence-electron chi connectivity index (χ3n) is 14.1. The van der Waals surface area contributed by atoms with E-state index >= 15 is 0 Å². The third kappa shape index (κ3) is 6.22. The maximum Gasteiger partial charge on any atom is 0.0699 e. The van der Waals surface area contributed by atoms with Crippen molar-refractivity contribution in [3.05, 3.63) is 243 Å². The van der Waals surface area contributed by atoms with Gasteiger partial charge in [-0.1, -0.05) is 164 Å². The maximum absolute atomic E-state index is 2.45. The van der Waals surface area contributed by atoms with Gasteiger partial charge in [0.15, 0.2) is 0 Å². The molecule has 0 atom stereocenters. The molecule has 0 fully saturated rings. The van der Waals surface area contributed by atoms with Crippen molar-refractivity contribution in [2.24, 2.45) is 0 Å². The summed E-state index contributed by atoms with van der Waals surface area (Å²) in [5.74, 6) is 0. The number of nitrogens with zero attached hydrogens (tertiary/aromatic N) is 4. The number of benzene rings is 11. The highest BCUT2D eigenvalue weighted by molar-refractivity contribution is 6.24. The summed E-state index contributed by atoms with van der Waals surface area (Å²) >= 11 is 0. The summed E-state index contributed by atoms with van der Waals surface area (Å²) in [6, 6.07) is 89.1. The van der Waals surface area contributed by atoms with Crippen LogP contribution >= 0.6 is 0 Å². The minimum atomic E-state index is 1.11. The van der Waals surface area contributed by atoms with Crippen molar-refractivity contribution in [1.29, 1.82) is 0 Å². The maximum atomic E-state index is 2.45. The van der Waals surface area contributed by atoms with Crippen LogP contribution in [-0.2, 0) is 0 Å². The Balaban J connectivity index is 1.16. The summed E-state index contributed by atoms with van der Waals surface area (Å²) in [6.45, 7) is 0. The van der Waals surface area contributed by atoms with E-state index in [0.29, 0.717) is 0 Å². The van der Waals surface area contributed by atoms with E-state index in [9.17, 15) is 0 Å². The number of hydrogen-bond acceptors (Lipinski definition) is 4. The Labute approximate surface area is 397 Å². The topological polar surface area (TPSA) is 13.0 Å². The highest BCUT2D eigenvalue weighted by Gasteiger charge is 2.30. The zero-order valence-electron chi connectivity index (χ0n) is 37.9. The minimum Gasteiger partial charge on any atom is -0.341 e. The van der Waals surface area contributed by atoms with E-state index in [-0.39, 0.29) is 0 Å². The number of rotatable bonds is 6. The van der Waals surface area contributed by atoms with Gasteiger partial charge in [0.2, 0.25) is 0 Å². The zero-order valence-corrected chi connectivity index (χ0v) is 37.9. The molecule has 2 aliphatic rings. The predicted octanol–water partition coefficient (Wildman–Crippen LogP) is 17.8. The molecule has 0 N–H and O–H groups in total. The third-order valence-corrected chi connectivity index (χ3v) is 14.1. The van der Waals surface area contributed by atoms with Gasteiger partial charge < -0.3 is 19.6 Å². The molecule has 4 heteroatoms. The molecule has 0 bridgehead atoms. The second-order valence-corrected chi connectivity index (χ2v) is 17.8. The Kier molecular flexibility index (Phi) is 9.26. The van der Waals surface area contributed by atoms with Crippen molar-refractivity contribution in [3.8, 4) is 44.5 Å². The molecule has 2 aliphatic heterocycles. The van der Waals surface area contributed by atoms with Crippen LogP contribution in [0.5, 0.6) is 0 Å². The number of hydrogen-bond donors (Lipinski definition) is 0. The Morgan fingerprint density at radius 1 is 0.235 bits per heavy atom. The normalized spacial score (nSPS) is 12.7. The number of para-hydroxylation sites is 8. The van der Waals surface area contributed by atoms with E-state index < -0.39 is 0 Å². The summed E-state index contributed by atoms with van der Waals surface area (Å²) in [5.41, 5.74) is 21.0. The fourth-order valence-electron chi connectivity index (χ4n) is 11.0. The molecule has 13 rings (SSSR count). The molecule has 11 aromatic carbocycles. The van der Waals surface area contributed by atoms with Gasteiger partial charge in [0.25, 0.3) is 0 Å². The molecule has 68 heavy (non-hydrogen) atoms. The average molecular weight is 871 g/mol. The molecular formula is C64H46N4. The standard InChI is InChI=1S/C64H46N4/c1-65-55-28-11-15-32-59(55)67(60-33-16-12-29-56(60)65)47-37-39-52-53(41-47)63(46-25-19-24-45(40-46)43-20-5-3-6-21-43)51-38-36-48(68-61-34-17-13-30-57(61)66(2)58-31-14-18-35-62(58)68)42-54(51)64(52)50-27-10-9-26-49(50)44-22-7-4-8-23-44/h3-42H,1-2H3. The molecule has 2 heterocycles. The first-order valence-electron chi connectivity index (χ1n) is 23.4. The van der Waals surface area contributed by atoms with Gasteiger partial charge in [-0.15, -0.1) is 0 Å². The Bertz CT molecular complexity index is 3650. The van der Waals surface area contributed by atoms with Gasteiger partial charge in [0.05, 0.1) is 45.5 Å². The van der Waals surface area contributed by atoms with Crippen LogP contribution in [0.4, 0.5) is 56.9 Å². The van der Waals surface area contributed by atoms with Crippen LogP contribution < -0.4 is 19.6 Å². The minimum absolute atomic E-state index is 1.11. The van der Waals surface area contributed by atoms with E-state index in [1.54, 1.807) is 0 Å². The van der Waals surface area contributed by atoms with Crippen LogP contribution in [0, 0.1) is 0 Å². The molecule has 4 nitrogen and oxygen atoms in total. The molecule has 11 aromatic rings. The van der Waals surface area contributed by atoms with Crippen molar-refractivity contribution in [2.45, 2.75) is 0 Å². The lowest BCUT2D eigenvalue weighted by Gasteiger charge is -2.39. The van der Waals surface area contributed by atoms with Gasteiger partial charge >= 0.3 is 0 Å². The summed E-state index contributed by atoms with van der Waals surface area (Å²) in [5, 5.41) is 4.76. The van der Waals surface area contributed by atoms with E-state index in [0.717, 1.165) is 56.9 Å². The molecule has 322 valence electrons. The largest absolute Gasteiger partial charge is 0.341 e. The van der Waals surface area contributed by atoms with E-state index in [2.05, 4.69) is 276 Å². The van der Waals surface area contributed by atoms with Crippen molar-refractivity contribution in [3.63, 3.8) is 0 Å². The molecule has 0 radical (unpaired) electrons. The highest BCUT2D eigenvalue weighted by Crippen LogP contribution is 2.55. The van der Waals surface area contributed by atoms with E-state index in [1.807, 2.05) is 0 Å². The van der Waals surface area contributed by atoms with Crippen LogP contribution in [0.1, 0.15) is 0 Å². The second-order valence-electron chi connectivity index (χ2n) is 17.8. The Morgan fingerprint density at radius 2 is 0.603 bits per heavy atom. The van der Waals surface area contributed by atoms with Crippen LogP contribution in [-0.4, -0.2) is 14.1 Å². The average Bonchev–Trinajstić information content (AvgIpc) is 3.41. The molecule has 0 saturated heterocycles. The number of anilines is 10. The van der Waals surface area contributed by atoms with Crippen molar-refractivity contribution < 1.29 is 0 Å². The molecule has 0 amide bonds. The lowest BCUT2D eigenvalue weighted by molar-refractivity contribution is 1.13. The molecular weight excluding hydrogens is 825 g/mol. The van der Waals surface area contributed by atoms with E-state index in [4.69, 9.17) is 0 Å². The fourth-order valence-corrected chi connectivity index (χ4v) is 11.0. The van der Waals surface area contributed by atoms with Gasteiger partial charge in [0.1, 0.15) is 0 Å². The quantitative estimate of drug-likeness (QED) is 0.154. The first kappa shape index (κ1) is 39.5. The van der Waals surface area contributed by atoms with Crippen LogP contribution in [0.3, 0.4) is 0 Å². The van der Waals surface area contributed by atoms with Gasteiger partial charge in [-0.2, -0.15) is 0 Å². The lowest BCUT2D eigenvalue weighted by atomic mass is 9.83. The van der Waals surface area contributed by atoms with Gasteiger partial charge in [-0.25, -0.2) is 0 Å². The first-order chi connectivity index (χ1) is 33.6. The van der Waals surface area contributed by atoms with Gasteiger partial charge in [-0.05, 0) is 145 Å². The first-order valence-corrected chi connectivity index (χ1v) is 23.4. The summed E-state index contributed by atoms with van der Waals surface area (Å²) in [4.78, 5) is 9.51. The van der Waals surface area contributed by atoms with Crippen molar-refractivity contribution in [1.82, 2.24) is 0 Å². The number of fused-ring (bicyclic) bond motifs is 6. The van der Waals surface area contributed by atoms with Gasteiger partial charge in [-0.3, -0.25) is 0 Å². The Hall–Kier alpha value is -8.86. The highest BCUT2D eigenvalue weighted by atomic mass is 15.3. The molecule has 0 unspecified atom stereocenters. The van der Waals surface area contributed by atoms with Gasteiger partial charge in [0, 0.05) is 25.5 Å². The summed E-state index contributed by atoms with van der Waals surface area (Å²) in [6.07, 6.45) is 0. The second kappa shape index (κ2) is 15.9. The smallest absolute Gasteiger partial charge is 0.0699 e. The summed E-state index contributed by atoms with van der Waals surface area (Å²) in [7, 11) is 4.34. The molecule has 0 aromatic heterocycles. The van der Waals surface area contributed by atoms with Crippen LogP contribution in [0.25, 0.3) is 66.1 Å². The Morgan fingerprint density at radius 3 is 1.10 bits per heavy atom. The lowest BCUT2D eigenvalue weighted by Crippen LogP contribution is -2.24. The van der Waals surface area contributed by atoms with E-state index in [1.165, 1.54) is 66.1 Å². The predicted molar refractivity (Wildman–Crippen MR) is 289 cm³/mol. The van der Waals surface area contributed by atoms with Crippen molar-refractivity contribution >= 4 is 78.4 Å². The monoisotopic (exact) mass is 870 g/mol. The zero-order chi connectivity index (χ0) is 45.3. The molecule has 0 aliphatic carbocycles. The fraction of sp³-hybridized carbons (Fsp3) is 0.0312. The molecule has 0 saturated carbocycles. The van der Waals surface area contributed by atoms with Crippen molar-refractivity contribution in [2.75, 3.05) is 33.7 Å².